The van der Waals surface area contributed by atoms with E-state index in [1.165, 1.54) is 0 Å². The SMILES string of the molecule is C=CC(=O)OC(O)(COCCOCC)Oc1ccccc1. The third-order valence-corrected chi connectivity index (χ3v) is 2.31. The van der Waals surface area contributed by atoms with Crippen molar-refractivity contribution in [3.8, 4) is 5.75 Å². The molecule has 1 atom stereocenters. The molecule has 0 saturated carbocycles. The maximum Gasteiger partial charge on any atom is 0.396 e. The van der Waals surface area contributed by atoms with Gasteiger partial charge in [0.15, 0.2) is 6.61 Å². The van der Waals surface area contributed by atoms with Crippen LogP contribution in [0.3, 0.4) is 0 Å². The van der Waals surface area contributed by atoms with Crippen LogP contribution in [0.15, 0.2) is 43.0 Å². The highest BCUT2D eigenvalue weighted by atomic mass is 16.8. The number of benzene rings is 1. The van der Waals surface area contributed by atoms with Crippen molar-refractivity contribution in [1.29, 1.82) is 0 Å². The van der Waals surface area contributed by atoms with Gasteiger partial charge in [-0.25, -0.2) is 4.79 Å². The second-order valence-corrected chi connectivity index (χ2v) is 4.00. The molecule has 21 heavy (non-hydrogen) atoms. The summed E-state index contributed by atoms with van der Waals surface area (Å²) in [6.07, 6.45) is 0.930. The first-order chi connectivity index (χ1) is 10.1. The fourth-order valence-electron chi connectivity index (χ4n) is 1.41. The van der Waals surface area contributed by atoms with Crippen LogP contribution in [0.1, 0.15) is 6.92 Å². The first kappa shape index (κ1) is 17.2. The predicted molar refractivity (Wildman–Crippen MR) is 75.6 cm³/mol. The number of rotatable bonds is 10. The summed E-state index contributed by atoms with van der Waals surface area (Å²) in [5, 5.41) is 10.2. The molecule has 1 unspecified atom stereocenters. The van der Waals surface area contributed by atoms with Crippen molar-refractivity contribution in [2.75, 3.05) is 26.4 Å². The van der Waals surface area contributed by atoms with Gasteiger partial charge in [0.05, 0.1) is 13.2 Å². The lowest BCUT2D eigenvalue weighted by Gasteiger charge is -2.27. The Hall–Kier alpha value is -1.89. The van der Waals surface area contributed by atoms with E-state index in [-0.39, 0.29) is 13.2 Å². The molecule has 1 aromatic carbocycles. The van der Waals surface area contributed by atoms with Gasteiger partial charge in [-0.2, -0.15) is 0 Å². The lowest BCUT2D eigenvalue weighted by atomic mass is 10.3. The van der Waals surface area contributed by atoms with Crippen molar-refractivity contribution in [3.05, 3.63) is 43.0 Å². The van der Waals surface area contributed by atoms with Gasteiger partial charge in [-0.1, -0.05) is 24.8 Å². The Morgan fingerprint density at radius 3 is 2.57 bits per heavy atom. The number of hydrogen-bond acceptors (Lipinski definition) is 6. The molecule has 0 fully saturated rings. The zero-order valence-electron chi connectivity index (χ0n) is 12.0. The molecule has 0 bridgehead atoms. The average Bonchev–Trinajstić information content (AvgIpc) is 2.47. The summed E-state index contributed by atoms with van der Waals surface area (Å²) in [5.74, 6) is -2.70. The third kappa shape index (κ3) is 6.89. The van der Waals surface area contributed by atoms with Gasteiger partial charge in [-0.15, -0.1) is 0 Å². The molecule has 0 radical (unpaired) electrons. The molecule has 6 heteroatoms. The van der Waals surface area contributed by atoms with E-state index in [1.807, 2.05) is 6.92 Å². The number of aliphatic hydroxyl groups is 1. The van der Waals surface area contributed by atoms with Gasteiger partial charge in [-0.05, 0) is 19.1 Å². The van der Waals surface area contributed by atoms with Gasteiger partial charge < -0.3 is 24.1 Å². The van der Waals surface area contributed by atoms with Crippen LogP contribution in [0, 0.1) is 0 Å². The fourth-order valence-corrected chi connectivity index (χ4v) is 1.41. The zero-order valence-corrected chi connectivity index (χ0v) is 12.0. The second kappa shape index (κ2) is 9.12. The van der Waals surface area contributed by atoms with Gasteiger partial charge >= 0.3 is 11.9 Å². The topological polar surface area (TPSA) is 74.2 Å². The van der Waals surface area contributed by atoms with Crippen LogP contribution in [-0.4, -0.2) is 43.5 Å². The summed E-state index contributed by atoms with van der Waals surface area (Å²) >= 11 is 0. The number of hydrogen-bond donors (Lipinski definition) is 1. The van der Waals surface area contributed by atoms with Crippen molar-refractivity contribution in [2.24, 2.45) is 0 Å². The number of ether oxygens (including phenoxy) is 4. The number of carbonyl (C=O) groups excluding carboxylic acids is 1. The Kier molecular flexibility index (Phi) is 7.45. The van der Waals surface area contributed by atoms with E-state index in [9.17, 15) is 9.90 Å². The normalized spacial score (nSPS) is 13.2. The van der Waals surface area contributed by atoms with Crippen LogP contribution in [0.4, 0.5) is 0 Å². The fraction of sp³-hybridized carbons (Fsp3) is 0.400. The maximum atomic E-state index is 11.3. The van der Waals surface area contributed by atoms with Gasteiger partial charge in [0.1, 0.15) is 5.75 Å². The van der Waals surface area contributed by atoms with E-state index in [2.05, 4.69) is 6.58 Å². The molecule has 0 aliphatic heterocycles. The highest BCUT2D eigenvalue weighted by Crippen LogP contribution is 2.18. The summed E-state index contributed by atoms with van der Waals surface area (Å²) in [7, 11) is 0. The van der Waals surface area contributed by atoms with Crippen LogP contribution < -0.4 is 4.74 Å². The van der Waals surface area contributed by atoms with Gasteiger partial charge in [0, 0.05) is 12.7 Å². The van der Waals surface area contributed by atoms with E-state index >= 15 is 0 Å². The molecular weight excluding hydrogens is 276 g/mol. The lowest BCUT2D eigenvalue weighted by molar-refractivity contribution is -0.319. The van der Waals surface area contributed by atoms with Crippen LogP contribution in [-0.2, 0) is 19.0 Å². The molecule has 0 aliphatic carbocycles. The summed E-state index contributed by atoms with van der Waals surface area (Å²) in [5.41, 5.74) is 0. The Bertz CT molecular complexity index is 433. The Morgan fingerprint density at radius 1 is 1.29 bits per heavy atom. The standard InChI is InChI=1S/C15H20O6/c1-3-14(16)21-15(17,12-19-11-10-18-4-2)20-13-8-6-5-7-9-13/h3,5-9,17H,1,4,10-12H2,2H3. The van der Waals surface area contributed by atoms with Crippen molar-refractivity contribution in [2.45, 2.75) is 12.9 Å². The van der Waals surface area contributed by atoms with Gasteiger partial charge in [-0.3, -0.25) is 0 Å². The van der Waals surface area contributed by atoms with Crippen LogP contribution >= 0.6 is 0 Å². The summed E-state index contributed by atoms with van der Waals surface area (Å²) in [4.78, 5) is 11.3. The van der Waals surface area contributed by atoms with Crippen LogP contribution in [0.25, 0.3) is 0 Å². The molecule has 0 heterocycles. The molecular formula is C15H20O6. The second-order valence-electron chi connectivity index (χ2n) is 4.00. The minimum absolute atomic E-state index is 0.236. The average molecular weight is 296 g/mol. The number of carbonyl (C=O) groups is 1. The van der Waals surface area contributed by atoms with Gasteiger partial charge in [0.2, 0.25) is 0 Å². The molecule has 0 amide bonds. The van der Waals surface area contributed by atoms with Crippen LogP contribution in [0.5, 0.6) is 5.75 Å². The molecule has 0 spiro atoms. The molecule has 1 aromatic rings. The third-order valence-electron chi connectivity index (χ3n) is 2.31. The minimum Gasteiger partial charge on any atom is -0.428 e. The molecule has 0 aliphatic rings. The maximum absolute atomic E-state index is 11.3. The predicted octanol–water partition coefficient (Wildman–Crippen LogP) is 1.49. The smallest absolute Gasteiger partial charge is 0.396 e. The Morgan fingerprint density at radius 2 is 1.95 bits per heavy atom. The van der Waals surface area contributed by atoms with Crippen molar-refractivity contribution in [1.82, 2.24) is 0 Å². The molecule has 6 nitrogen and oxygen atoms in total. The van der Waals surface area contributed by atoms with E-state index in [0.717, 1.165) is 6.08 Å². The monoisotopic (exact) mass is 296 g/mol. The van der Waals surface area contributed by atoms with E-state index in [0.29, 0.717) is 19.0 Å². The minimum atomic E-state index is -2.22. The van der Waals surface area contributed by atoms with Gasteiger partial charge in [0.25, 0.3) is 0 Å². The largest absolute Gasteiger partial charge is 0.428 e. The molecule has 1 N–H and O–H groups in total. The Labute approximate surface area is 123 Å². The number of esters is 1. The van der Waals surface area contributed by atoms with Crippen LogP contribution in [0.2, 0.25) is 0 Å². The summed E-state index contributed by atoms with van der Waals surface area (Å²) in [6.45, 7) is 5.95. The van der Waals surface area contributed by atoms with Crippen molar-refractivity contribution in [3.63, 3.8) is 0 Å². The molecule has 0 saturated heterocycles. The van der Waals surface area contributed by atoms with Crippen molar-refractivity contribution >= 4 is 5.97 Å². The number of para-hydroxylation sites is 1. The first-order valence-corrected chi connectivity index (χ1v) is 6.57. The highest BCUT2D eigenvalue weighted by molar-refractivity contribution is 5.81. The van der Waals surface area contributed by atoms with Crippen molar-refractivity contribution < 1.29 is 28.8 Å². The van der Waals surface area contributed by atoms with E-state index in [1.54, 1.807) is 30.3 Å². The highest BCUT2D eigenvalue weighted by Gasteiger charge is 2.34. The summed E-state index contributed by atoms with van der Waals surface area (Å²) in [6, 6.07) is 8.47. The summed E-state index contributed by atoms with van der Waals surface area (Å²) < 4.78 is 20.4. The quantitative estimate of drug-likeness (QED) is 0.305. The molecule has 0 aromatic heterocycles. The first-order valence-electron chi connectivity index (χ1n) is 6.57. The van der Waals surface area contributed by atoms with E-state index < -0.39 is 11.9 Å². The molecule has 1 rings (SSSR count). The molecule has 116 valence electrons. The lowest BCUT2D eigenvalue weighted by Crippen LogP contribution is -2.45. The van der Waals surface area contributed by atoms with E-state index in [4.69, 9.17) is 18.9 Å². The zero-order chi connectivity index (χ0) is 15.6. The Balaban J connectivity index is 2.60.